The molecule has 20 heavy (non-hydrogen) atoms. The molecule has 1 nitrogen and oxygen atoms in total. The lowest BCUT2D eigenvalue weighted by Gasteiger charge is -2.06. The number of halogens is 5. The van der Waals surface area contributed by atoms with E-state index in [0.29, 0.717) is 22.7 Å². The largest absolute Gasteiger partial charge is 0.294 e. The second kappa shape index (κ2) is 5.85. The molecule has 0 unspecified atom stereocenters. The van der Waals surface area contributed by atoms with Gasteiger partial charge in [-0.3, -0.25) is 4.79 Å². The van der Waals surface area contributed by atoms with E-state index in [1.54, 1.807) is 0 Å². The van der Waals surface area contributed by atoms with Crippen LogP contribution in [0, 0.1) is 17.5 Å². The highest BCUT2D eigenvalue weighted by Crippen LogP contribution is 2.24. The summed E-state index contributed by atoms with van der Waals surface area (Å²) < 4.78 is 39.7. The lowest BCUT2D eigenvalue weighted by Crippen LogP contribution is -2.09. The summed E-state index contributed by atoms with van der Waals surface area (Å²) in [6.45, 7) is 0. The number of hydrogen-bond donors (Lipinski definition) is 0. The minimum atomic E-state index is -1.23. The van der Waals surface area contributed by atoms with Crippen molar-refractivity contribution in [2.45, 2.75) is 6.42 Å². The van der Waals surface area contributed by atoms with Crippen molar-refractivity contribution in [3.63, 3.8) is 0 Å². The van der Waals surface area contributed by atoms with E-state index in [9.17, 15) is 18.0 Å². The summed E-state index contributed by atoms with van der Waals surface area (Å²) in [5, 5.41) is 0.541. The van der Waals surface area contributed by atoms with Gasteiger partial charge in [0.05, 0.1) is 15.6 Å². The molecule has 2 aromatic carbocycles. The van der Waals surface area contributed by atoms with Crippen molar-refractivity contribution in [2.24, 2.45) is 0 Å². The molecule has 0 radical (unpaired) electrons. The van der Waals surface area contributed by atoms with Crippen molar-refractivity contribution in [1.82, 2.24) is 0 Å². The van der Waals surface area contributed by atoms with E-state index in [-0.39, 0.29) is 11.4 Å². The van der Waals surface area contributed by atoms with Gasteiger partial charge in [0.1, 0.15) is 17.5 Å². The van der Waals surface area contributed by atoms with Gasteiger partial charge in [-0.2, -0.15) is 0 Å². The zero-order chi connectivity index (χ0) is 14.9. The monoisotopic (exact) mass is 318 g/mol. The van der Waals surface area contributed by atoms with Gasteiger partial charge in [0.25, 0.3) is 0 Å². The van der Waals surface area contributed by atoms with E-state index in [4.69, 9.17) is 23.2 Å². The molecule has 0 saturated carbocycles. The molecule has 0 atom stereocenters. The van der Waals surface area contributed by atoms with Gasteiger partial charge in [-0.25, -0.2) is 13.2 Å². The van der Waals surface area contributed by atoms with E-state index in [0.717, 1.165) is 0 Å². The smallest absolute Gasteiger partial charge is 0.173 e. The third-order valence-corrected chi connectivity index (χ3v) is 3.37. The first-order valence-corrected chi connectivity index (χ1v) is 6.25. The van der Waals surface area contributed by atoms with Crippen LogP contribution in [0.25, 0.3) is 0 Å². The normalized spacial score (nSPS) is 10.7. The molecule has 0 aliphatic heterocycles. The molecule has 6 heteroatoms. The van der Waals surface area contributed by atoms with Gasteiger partial charge in [-0.1, -0.05) is 29.3 Å². The summed E-state index contributed by atoms with van der Waals surface area (Å²) >= 11 is 11.5. The van der Waals surface area contributed by atoms with E-state index in [1.165, 1.54) is 18.2 Å². The van der Waals surface area contributed by atoms with Crippen molar-refractivity contribution in [2.75, 3.05) is 0 Å². The Labute approximate surface area is 122 Å². The van der Waals surface area contributed by atoms with Crippen LogP contribution in [0.5, 0.6) is 0 Å². The fraction of sp³-hybridized carbons (Fsp3) is 0.0714. The first-order valence-electron chi connectivity index (χ1n) is 5.50. The Balaban J connectivity index is 2.31. The van der Waals surface area contributed by atoms with Crippen LogP contribution in [0.2, 0.25) is 10.0 Å². The first kappa shape index (κ1) is 14.9. The van der Waals surface area contributed by atoms with Crippen molar-refractivity contribution in [1.29, 1.82) is 0 Å². The number of Topliss-reactive ketones (excluding diaryl/α,β-unsaturated/α-hetero) is 1. The van der Waals surface area contributed by atoms with E-state index >= 15 is 0 Å². The maximum absolute atomic E-state index is 13.5. The minimum absolute atomic E-state index is 0.233. The molecule has 0 aromatic heterocycles. The zero-order valence-corrected chi connectivity index (χ0v) is 11.4. The molecule has 104 valence electrons. The number of carbonyl (C=O) groups excluding carboxylic acids is 1. The van der Waals surface area contributed by atoms with Crippen LogP contribution in [0.3, 0.4) is 0 Å². The Morgan fingerprint density at radius 2 is 1.55 bits per heavy atom. The van der Waals surface area contributed by atoms with Gasteiger partial charge in [-0.05, 0) is 17.7 Å². The van der Waals surface area contributed by atoms with Crippen LogP contribution in [0.4, 0.5) is 13.2 Å². The predicted octanol–water partition coefficient (Wildman–Crippen LogP) is 4.84. The van der Waals surface area contributed by atoms with Gasteiger partial charge >= 0.3 is 0 Å². The van der Waals surface area contributed by atoms with Crippen LogP contribution in [-0.4, -0.2) is 5.78 Å². The van der Waals surface area contributed by atoms with Crippen molar-refractivity contribution in [3.8, 4) is 0 Å². The highest BCUT2D eigenvalue weighted by atomic mass is 35.5. The van der Waals surface area contributed by atoms with E-state index in [1.807, 2.05) is 0 Å². The summed E-state index contributed by atoms with van der Waals surface area (Å²) in [6, 6.07) is 5.35. The summed E-state index contributed by atoms with van der Waals surface area (Å²) in [6.07, 6.45) is -0.267. The predicted molar refractivity (Wildman–Crippen MR) is 70.8 cm³/mol. The zero-order valence-electron chi connectivity index (χ0n) is 9.89. The third-order valence-electron chi connectivity index (χ3n) is 2.63. The number of carbonyl (C=O) groups is 1. The van der Waals surface area contributed by atoms with Crippen LogP contribution in [0.15, 0.2) is 30.3 Å². The molecule has 0 bridgehead atoms. The maximum Gasteiger partial charge on any atom is 0.173 e. The summed E-state index contributed by atoms with van der Waals surface area (Å²) in [7, 11) is 0. The molecule has 0 aliphatic carbocycles. The molecule has 0 N–H and O–H groups in total. The molecule has 0 amide bonds. The summed E-state index contributed by atoms with van der Waals surface area (Å²) in [4.78, 5) is 11.9. The van der Waals surface area contributed by atoms with Crippen LogP contribution in [-0.2, 0) is 6.42 Å². The van der Waals surface area contributed by atoms with Gasteiger partial charge < -0.3 is 0 Å². The molecule has 2 aromatic rings. The Kier molecular flexibility index (Phi) is 4.35. The van der Waals surface area contributed by atoms with Crippen LogP contribution < -0.4 is 0 Å². The average Bonchev–Trinajstić information content (AvgIpc) is 2.32. The number of hydrogen-bond acceptors (Lipinski definition) is 1. The molecular weight excluding hydrogens is 312 g/mol. The van der Waals surface area contributed by atoms with Gasteiger partial charge in [0.2, 0.25) is 0 Å². The maximum atomic E-state index is 13.5. The van der Waals surface area contributed by atoms with Gasteiger partial charge in [-0.15, -0.1) is 0 Å². The Hall–Kier alpha value is -1.52. The molecule has 0 fully saturated rings. The molecular formula is C14H7Cl2F3O. The Bertz CT molecular complexity index is 663. The fourth-order valence-electron chi connectivity index (χ4n) is 1.73. The number of ketones is 1. The first-order chi connectivity index (χ1) is 9.38. The third kappa shape index (κ3) is 3.14. The molecule has 0 spiro atoms. The summed E-state index contributed by atoms with van der Waals surface area (Å²) in [5.74, 6) is -4.34. The fourth-order valence-corrected chi connectivity index (χ4v) is 2.05. The quantitative estimate of drug-likeness (QED) is 0.740. The van der Waals surface area contributed by atoms with Crippen molar-refractivity contribution >= 4 is 29.0 Å². The van der Waals surface area contributed by atoms with Crippen molar-refractivity contribution in [3.05, 3.63) is 69.0 Å². The Morgan fingerprint density at radius 3 is 2.10 bits per heavy atom. The number of rotatable bonds is 3. The standard InChI is InChI=1S/C14H7Cl2F3O/c15-9-2-1-7(3-10(9)16)4-13(20)14-11(18)5-8(17)6-12(14)19/h1-3,5-6H,4H2. The molecule has 0 heterocycles. The van der Waals surface area contributed by atoms with Crippen LogP contribution in [0.1, 0.15) is 15.9 Å². The molecule has 0 aliphatic rings. The van der Waals surface area contributed by atoms with Crippen molar-refractivity contribution < 1.29 is 18.0 Å². The second-order valence-corrected chi connectivity index (χ2v) is 4.91. The van der Waals surface area contributed by atoms with E-state index in [2.05, 4.69) is 0 Å². The second-order valence-electron chi connectivity index (χ2n) is 4.09. The molecule has 0 saturated heterocycles. The number of benzene rings is 2. The summed E-state index contributed by atoms with van der Waals surface area (Å²) in [5.41, 5.74) is -0.315. The van der Waals surface area contributed by atoms with E-state index < -0.39 is 28.8 Å². The average molecular weight is 319 g/mol. The molecule has 2 rings (SSSR count). The highest BCUT2D eigenvalue weighted by molar-refractivity contribution is 6.42. The lowest BCUT2D eigenvalue weighted by atomic mass is 10.0. The highest BCUT2D eigenvalue weighted by Gasteiger charge is 2.19. The van der Waals surface area contributed by atoms with Gasteiger partial charge in [0, 0.05) is 18.6 Å². The minimum Gasteiger partial charge on any atom is -0.294 e. The van der Waals surface area contributed by atoms with Crippen LogP contribution >= 0.6 is 23.2 Å². The lowest BCUT2D eigenvalue weighted by molar-refractivity contribution is 0.0985. The SMILES string of the molecule is O=C(Cc1ccc(Cl)c(Cl)c1)c1c(F)cc(F)cc1F. The Morgan fingerprint density at radius 1 is 0.950 bits per heavy atom. The van der Waals surface area contributed by atoms with Gasteiger partial charge in [0.15, 0.2) is 5.78 Å². The topological polar surface area (TPSA) is 17.1 Å².